The second-order valence-corrected chi connectivity index (χ2v) is 12.9. The van der Waals surface area contributed by atoms with Crippen LogP contribution in [0, 0.1) is 12.8 Å². The predicted octanol–water partition coefficient (Wildman–Crippen LogP) is 3.74. The zero-order valence-corrected chi connectivity index (χ0v) is 25.8. The summed E-state index contributed by atoms with van der Waals surface area (Å²) >= 11 is 0. The van der Waals surface area contributed by atoms with Crippen LogP contribution in [-0.2, 0) is 36.0 Å². The normalized spacial score (nSPS) is 19.8. The minimum atomic E-state index is 0.116. The molecule has 1 aromatic carbocycles. The highest BCUT2D eigenvalue weighted by Crippen LogP contribution is 2.42. The van der Waals surface area contributed by atoms with Crippen LogP contribution in [0.1, 0.15) is 67.5 Å². The molecule has 2 amide bonds. The Kier molecular flexibility index (Phi) is 7.49. The first-order chi connectivity index (χ1) is 20.9. The maximum atomic E-state index is 13.2. The van der Waals surface area contributed by atoms with Crippen LogP contribution in [0.2, 0.25) is 0 Å². The average molecular weight is 585 g/mol. The van der Waals surface area contributed by atoms with E-state index in [2.05, 4.69) is 50.2 Å². The summed E-state index contributed by atoms with van der Waals surface area (Å²) in [5, 5.41) is 13.2. The van der Waals surface area contributed by atoms with Crippen molar-refractivity contribution in [2.45, 2.75) is 71.4 Å². The number of amides is 2. The Hall–Kier alpha value is -3.66. The summed E-state index contributed by atoms with van der Waals surface area (Å²) in [7, 11) is 1.96. The lowest BCUT2D eigenvalue weighted by molar-refractivity contribution is -0.137. The van der Waals surface area contributed by atoms with Crippen molar-refractivity contribution in [2.75, 3.05) is 44.2 Å². The smallest absolute Gasteiger partial charge is 0.225 e. The zero-order valence-electron chi connectivity index (χ0n) is 25.8. The molecular formula is C33H44N8O2. The molecule has 0 radical (unpaired) electrons. The summed E-state index contributed by atoms with van der Waals surface area (Å²) < 4.78 is 4.15. The van der Waals surface area contributed by atoms with E-state index in [-0.39, 0.29) is 17.9 Å². The zero-order chi connectivity index (χ0) is 29.7. The summed E-state index contributed by atoms with van der Waals surface area (Å²) in [6, 6.07) is 4.93. The largest absolute Gasteiger partial charge is 0.342 e. The fourth-order valence-electron chi connectivity index (χ4n) is 7.70. The van der Waals surface area contributed by atoms with Crippen molar-refractivity contribution in [1.82, 2.24) is 34.7 Å². The molecule has 3 aromatic rings. The molecule has 228 valence electrons. The number of carbonyl (C=O) groups excluding carboxylic acids is 2. The molecule has 2 fully saturated rings. The average Bonchev–Trinajstić information content (AvgIpc) is 3.64. The predicted molar refractivity (Wildman–Crippen MR) is 166 cm³/mol. The van der Waals surface area contributed by atoms with Crippen LogP contribution in [0.3, 0.4) is 0 Å². The Balaban J connectivity index is 1.19. The van der Waals surface area contributed by atoms with E-state index in [1.54, 1.807) is 6.92 Å². The summed E-state index contributed by atoms with van der Waals surface area (Å²) in [6.07, 6.45) is 10.7. The number of carbonyl (C=O) groups is 2. The van der Waals surface area contributed by atoms with Gasteiger partial charge in [-0.2, -0.15) is 10.2 Å². The summed E-state index contributed by atoms with van der Waals surface area (Å²) in [5.41, 5.74) is 8.62. The van der Waals surface area contributed by atoms with Gasteiger partial charge in [-0.15, -0.1) is 0 Å². The fraction of sp³-hybridized carbons (Fsp3) is 0.576. The Labute approximate surface area is 254 Å². The molecule has 0 bridgehead atoms. The molecule has 2 aromatic heterocycles. The standard InChI is InChI=1S/C33H44N8O2/c1-22-17-31-25(18-28(22)26-19-35-37(3)20-26)5-4-13-40(31)32-29-21-39(23(2)42)16-10-30(29)41(36-32)27-8-14-38(15-9-27)33(43)24-6-11-34-12-7-24/h17-20,24,27,34H,4-16,21H2,1-3H3. The van der Waals surface area contributed by atoms with E-state index < -0.39 is 0 Å². The summed E-state index contributed by atoms with van der Waals surface area (Å²) in [4.78, 5) is 32.2. The van der Waals surface area contributed by atoms with Gasteiger partial charge in [0, 0.05) is 81.2 Å². The van der Waals surface area contributed by atoms with Crippen molar-refractivity contribution < 1.29 is 9.59 Å². The van der Waals surface area contributed by atoms with Crippen molar-refractivity contribution in [3.8, 4) is 11.1 Å². The molecule has 4 aliphatic heterocycles. The highest BCUT2D eigenvalue weighted by atomic mass is 16.2. The topological polar surface area (TPSA) is 91.5 Å². The Morgan fingerprint density at radius 2 is 1.77 bits per heavy atom. The van der Waals surface area contributed by atoms with Crippen LogP contribution in [0.25, 0.3) is 11.1 Å². The molecule has 10 heteroatoms. The van der Waals surface area contributed by atoms with Crippen LogP contribution in [0.15, 0.2) is 24.5 Å². The first kappa shape index (κ1) is 28.1. The van der Waals surface area contributed by atoms with E-state index in [0.717, 1.165) is 95.6 Å². The number of rotatable bonds is 4. The maximum absolute atomic E-state index is 13.2. The second-order valence-electron chi connectivity index (χ2n) is 12.9. The third-order valence-electron chi connectivity index (χ3n) is 10.1. The number of fused-ring (bicyclic) bond motifs is 2. The van der Waals surface area contributed by atoms with E-state index in [9.17, 15) is 9.59 Å². The SMILES string of the molecule is CC(=O)N1CCc2c(c(N3CCCc4cc(-c5cnn(C)c5)c(C)cc43)nn2C2CCN(C(=O)C3CCNCC3)CC2)C1. The first-order valence-corrected chi connectivity index (χ1v) is 16.1. The second kappa shape index (κ2) is 11.4. The molecule has 0 atom stereocenters. The van der Waals surface area contributed by atoms with Crippen LogP contribution < -0.4 is 10.2 Å². The lowest BCUT2D eigenvalue weighted by atomic mass is 9.93. The minimum Gasteiger partial charge on any atom is -0.342 e. The third-order valence-corrected chi connectivity index (χ3v) is 10.1. The minimum absolute atomic E-state index is 0.116. The van der Waals surface area contributed by atoms with Gasteiger partial charge in [-0.05, 0) is 87.4 Å². The summed E-state index contributed by atoms with van der Waals surface area (Å²) in [5.74, 6) is 1.63. The lowest BCUT2D eigenvalue weighted by Gasteiger charge is -2.36. The molecule has 2 saturated heterocycles. The van der Waals surface area contributed by atoms with Gasteiger partial charge in [0.2, 0.25) is 11.8 Å². The molecule has 10 nitrogen and oxygen atoms in total. The fourth-order valence-corrected chi connectivity index (χ4v) is 7.70. The van der Waals surface area contributed by atoms with Gasteiger partial charge in [-0.25, -0.2) is 0 Å². The number of aromatic nitrogens is 4. The van der Waals surface area contributed by atoms with Gasteiger partial charge in [0.25, 0.3) is 0 Å². The number of benzene rings is 1. The van der Waals surface area contributed by atoms with Crippen LogP contribution >= 0.6 is 0 Å². The van der Waals surface area contributed by atoms with Crippen LogP contribution in [-0.4, -0.2) is 80.4 Å². The lowest BCUT2D eigenvalue weighted by Crippen LogP contribution is -2.45. The van der Waals surface area contributed by atoms with Gasteiger partial charge in [-0.1, -0.05) is 0 Å². The van der Waals surface area contributed by atoms with Crippen LogP contribution in [0.5, 0.6) is 0 Å². The highest BCUT2D eigenvalue weighted by Gasteiger charge is 2.35. The van der Waals surface area contributed by atoms with Gasteiger partial charge in [0.05, 0.1) is 18.8 Å². The Morgan fingerprint density at radius 3 is 2.49 bits per heavy atom. The van der Waals surface area contributed by atoms with Crippen molar-refractivity contribution in [1.29, 1.82) is 0 Å². The first-order valence-electron chi connectivity index (χ1n) is 16.1. The molecule has 43 heavy (non-hydrogen) atoms. The molecular weight excluding hydrogens is 540 g/mol. The number of aryl methyl sites for hydroxylation is 3. The molecule has 1 N–H and O–H groups in total. The van der Waals surface area contributed by atoms with E-state index in [4.69, 9.17) is 5.10 Å². The Bertz CT molecular complexity index is 1530. The van der Waals surface area contributed by atoms with Crippen molar-refractivity contribution in [3.05, 3.63) is 46.9 Å². The number of nitrogens with zero attached hydrogens (tertiary/aromatic N) is 7. The van der Waals surface area contributed by atoms with E-state index >= 15 is 0 Å². The van der Waals surface area contributed by atoms with Gasteiger partial charge in [-0.3, -0.25) is 19.0 Å². The molecule has 0 spiro atoms. The van der Waals surface area contributed by atoms with Crippen molar-refractivity contribution in [3.63, 3.8) is 0 Å². The van der Waals surface area contributed by atoms with E-state index in [1.165, 1.54) is 33.6 Å². The quantitative estimate of drug-likeness (QED) is 0.503. The van der Waals surface area contributed by atoms with Crippen LogP contribution in [0.4, 0.5) is 11.5 Å². The molecule has 0 unspecified atom stereocenters. The molecule has 4 aliphatic rings. The number of hydrogen-bond donors (Lipinski definition) is 1. The number of likely N-dealkylation sites (tertiary alicyclic amines) is 1. The monoisotopic (exact) mass is 584 g/mol. The summed E-state index contributed by atoms with van der Waals surface area (Å²) in [6.45, 7) is 9.55. The highest BCUT2D eigenvalue weighted by molar-refractivity contribution is 5.79. The number of anilines is 2. The van der Waals surface area contributed by atoms with Gasteiger partial charge in [0.15, 0.2) is 5.82 Å². The maximum Gasteiger partial charge on any atom is 0.225 e. The molecule has 7 rings (SSSR count). The number of hydrogen-bond acceptors (Lipinski definition) is 6. The molecule has 0 saturated carbocycles. The van der Waals surface area contributed by atoms with Gasteiger partial charge >= 0.3 is 0 Å². The molecule has 6 heterocycles. The number of nitrogens with one attached hydrogen (secondary N) is 1. The van der Waals surface area contributed by atoms with E-state index in [1.807, 2.05) is 22.8 Å². The number of piperidine rings is 2. The van der Waals surface area contributed by atoms with Gasteiger partial charge < -0.3 is 20.0 Å². The third kappa shape index (κ3) is 5.24. The Morgan fingerprint density at radius 1 is 0.977 bits per heavy atom. The van der Waals surface area contributed by atoms with E-state index in [0.29, 0.717) is 12.5 Å². The molecule has 0 aliphatic carbocycles. The van der Waals surface area contributed by atoms with Gasteiger partial charge in [0.1, 0.15) is 0 Å². The van der Waals surface area contributed by atoms with Crippen molar-refractivity contribution in [2.24, 2.45) is 13.0 Å². The van der Waals surface area contributed by atoms with Crippen molar-refractivity contribution >= 4 is 23.3 Å².